The number of carbonyl (C=O) groups excluding carboxylic acids is 3. The van der Waals surface area contributed by atoms with Crippen LogP contribution in [0, 0.1) is 0 Å². The van der Waals surface area contributed by atoms with E-state index in [1.807, 2.05) is 6.26 Å². The number of amides is 3. The molecule has 3 amide bonds. The number of unbranched alkanes of at least 4 members (excludes halogenated alkanes) is 1. The number of nitrogens with zero attached hydrogens (tertiary/aromatic N) is 1. The molecule has 1 aromatic rings. The van der Waals surface area contributed by atoms with Crippen molar-refractivity contribution in [1.29, 1.82) is 0 Å². The first-order valence-electron chi connectivity index (χ1n) is 11.4. The van der Waals surface area contributed by atoms with Crippen molar-refractivity contribution in [2.45, 2.75) is 62.7 Å². The fraction of sp³-hybridized carbons (Fsp3) is 0.619. The molecule has 0 saturated carbocycles. The smallest absolute Gasteiger partial charge is 0.326 e. The molecule has 4 unspecified atom stereocenters. The number of thioether (sulfide) groups is 1. The Balaban J connectivity index is 3.04. The number of aromatic nitrogens is 2. The van der Waals surface area contributed by atoms with Crippen molar-refractivity contribution in [3.63, 3.8) is 0 Å². The van der Waals surface area contributed by atoms with Crippen LogP contribution in [0.2, 0.25) is 0 Å². The maximum Gasteiger partial charge on any atom is 0.326 e. The second-order valence-electron chi connectivity index (χ2n) is 8.07. The summed E-state index contributed by atoms with van der Waals surface area (Å²) in [6.07, 6.45) is 5.49. The average Bonchev–Trinajstić information content (AvgIpc) is 3.33. The predicted octanol–water partition coefficient (Wildman–Crippen LogP) is -1.82. The molecule has 1 heterocycles. The second kappa shape index (κ2) is 16.5. The molecule has 0 radical (unpaired) electrons. The number of H-pyrrole nitrogens is 1. The van der Waals surface area contributed by atoms with E-state index in [1.165, 1.54) is 24.3 Å². The number of hydrogen-bond donors (Lipinski definition) is 8. The minimum Gasteiger partial charge on any atom is -0.481 e. The lowest BCUT2D eigenvalue weighted by Gasteiger charge is -2.25. The molecule has 0 aliphatic carbocycles. The van der Waals surface area contributed by atoms with E-state index < -0.39 is 60.2 Å². The van der Waals surface area contributed by atoms with Gasteiger partial charge in [-0.3, -0.25) is 19.2 Å². The number of carbonyl (C=O) groups is 5. The number of imidazole rings is 1. The highest BCUT2D eigenvalue weighted by molar-refractivity contribution is 7.98. The first-order valence-corrected chi connectivity index (χ1v) is 12.8. The fourth-order valence-electron chi connectivity index (χ4n) is 3.16. The van der Waals surface area contributed by atoms with Crippen molar-refractivity contribution in [2.24, 2.45) is 11.5 Å². The van der Waals surface area contributed by atoms with Gasteiger partial charge in [0.25, 0.3) is 0 Å². The molecule has 0 spiro atoms. The van der Waals surface area contributed by atoms with Crippen LogP contribution in [0.15, 0.2) is 12.5 Å². The summed E-state index contributed by atoms with van der Waals surface area (Å²) in [7, 11) is 0. The minimum absolute atomic E-state index is 0.0896. The van der Waals surface area contributed by atoms with Gasteiger partial charge in [-0.15, -0.1) is 0 Å². The Hall–Kier alpha value is -3.17. The summed E-state index contributed by atoms with van der Waals surface area (Å²) < 4.78 is 0. The summed E-state index contributed by atoms with van der Waals surface area (Å²) in [4.78, 5) is 67.6. The largest absolute Gasteiger partial charge is 0.481 e. The lowest BCUT2D eigenvalue weighted by atomic mass is 10.1. The Morgan fingerprint density at radius 3 is 2.19 bits per heavy atom. The van der Waals surface area contributed by atoms with Crippen molar-refractivity contribution < 1.29 is 34.2 Å². The third-order valence-corrected chi connectivity index (χ3v) is 5.80. The van der Waals surface area contributed by atoms with Crippen LogP contribution in [0.25, 0.3) is 0 Å². The maximum absolute atomic E-state index is 13.1. The molecule has 0 aliphatic heterocycles. The van der Waals surface area contributed by atoms with E-state index >= 15 is 0 Å². The van der Waals surface area contributed by atoms with Crippen molar-refractivity contribution in [1.82, 2.24) is 25.9 Å². The lowest BCUT2D eigenvalue weighted by Crippen LogP contribution is -2.57. The first kappa shape index (κ1) is 30.9. The molecule has 10 N–H and O–H groups in total. The summed E-state index contributed by atoms with van der Waals surface area (Å²) in [6, 6.07) is -4.83. The topological polar surface area (TPSA) is 243 Å². The normalized spacial score (nSPS) is 14.2. The van der Waals surface area contributed by atoms with Crippen LogP contribution in [0.1, 0.15) is 37.8 Å². The zero-order valence-corrected chi connectivity index (χ0v) is 20.9. The van der Waals surface area contributed by atoms with Gasteiger partial charge in [0.15, 0.2) is 0 Å². The first-order chi connectivity index (χ1) is 17.1. The molecule has 1 rings (SSSR count). The van der Waals surface area contributed by atoms with Crippen LogP contribution in [0.3, 0.4) is 0 Å². The average molecular weight is 530 g/mol. The fourth-order valence-corrected chi connectivity index (χ4v) is 3.65. The van der Waals surface area contributed by atoms with Crippen LogP contribution >= 0.6 is 11.8 Å². The molecule has 0 aliphatic rings. The number of carboxylic acids is 2. The van der Waals surface area contributed by atoms with Crippen molar-refractivity contribution >= 4 is 41.4 Å². The van der Waals surface area contributed by atoms with Gasteiger partial charge >= 0.3 is 11.9 Å². The molecule has 4 atom stereocenters. The van der Waals surface area contributed by atoms with E-state index in [2.05, 4.69) is 25.9 Å². The number of rotatable bonds is 18. The minimum atomic E-state index is -1.70. The SMILES string of the molecule is CSCCC(N)C(=O)NC(CCCCN)C(=O)NC(Cc1cnc[nH]1)C(=O)NC(CC(=O)O)C(=O)O. The molecular formula is C21H35N7O7S. The van der Waals surface area contributed by atoms with Gasteiger partial charge in [-0.25, -0.2) is 9.78 Å². The van der Waals surface area contributed by atoms with E-state index in [-0.39, 0.29) is 12.8 Å². The van der Waals surface area contributed by atoms with Crippen LogP contribution in [0.5, 0.6) is 0 Å². The summed E-state index contributed by atoms with van der Waals surface area (Å²) in [5.74, 6) is -4.40. The summed E-state index contributed by atoms with van der Waals surface area (Å²) in [5.41, 5.74) is 11.9. The molecule has 0 fully saturated rings. The van der Waals surface area contributed by atoms with Gasteiger partial charge in [-0.1, -0.05) is 0 Å². The monoisotopic (exact) mass is 529 g/mol. The quantitative estimate of drug-likeness (QED) is 0.0983. The van der Waals surface area contributed by atoms with Crippen molar-refractivity contribution in [3.05, 3.63) is 18.2 Å². The standard InChI is InChI=1S/C21H35N7O7S/c1-36-7-5-13(23)18(31)26-14(4-2-3-6-22)19(32)27-15(8-12-10-24-11-25-12)20(33)28-16(21(34)35)9-17(29)30/h10-11,13-16H,2-9,22-23H2,1H3,(H,24,25)(H,26,31)(H,27,32)(H,28,33)(H,29,30)(H,34,35). The van der Waals surface area contributed by atoms with E-state index in [0.717, 1.165) is 0 Å². The molecule has 14 nitrogen and oxygen atoms in total. The molecule has 36 heavy (non-hydrogen) atoms. The number of aromatic amines is 1. The van der Waals surface area contributed by atoms with E-state index in [4.69, 9.17) is 16.6 Å². The van der Waals surface area contributed by atoms with Crippen LogP contribution < -0.4 is 27.4 Å². The predicted molar refractivity (Wildman–Crippen MR) is 132 cm³/mol. The van der Waals surface area contributed by atoms with Gasteiger partial charge in [0.1, 0.15) is 18.1 Å². The van der Waals surface area contributed by atoms with Gasteiger partial charge in [0, 0.05) is 18.3 Å². The van der Waals surface area contributed by atoms with Gasteiger partial charge in [0.2, 0.25) is 17.7 Å². The third kappa shape index (κ3) is 11.5. The molecule has 0 bridgehead atoms. The van der Waals surface area contributed by atoms with Crippen LogP contribution in [0.4, 0.5) is 0 Å². The Labute approximate surface area is 212 Å². The van der Waals surface area contributed by atoms with Gasteiger partial charge in [-0.05, 0) is 44.2 Å². The summed E-state index contributed by atoms with van der Waals surface area (Å²) in [6.45, 7) is 0.389. The van der Waals surface area contributed by atoms with Gasteiger partial charge in [-0.2, -0.15) is 11.8 Å². The molecule has 0 aromatic carbocycles. The number of nitrogens with two attached hydrogens (primary N) is 2. The third-order valence-electron chi connectivity index (χ3n) is 5.15. The van der Waals surface area contributed by atoms with Gasteiger partial charge < -0.3 is 42.6 Å². The molecule has 1 aromatic heterocycles. The van der Waals surface area contributed by atoms with Crippen LogP contribution in [-0.4, -0.2) is 92.6 Å². The Morgan fingerprint density at radius 1 is 1.00 bits per heavy atom. The van der Waals surface area contributed by atoms with Crippen molar-refractivity contribution in [2.75, 3.05) is 18.6 Å². The van der Waals surface area contributed by atoms with E-state index in [9.17, 15) is 29.1 Å². The Kier molecular flexibility index (Phi) is 14.1. The van der Waals surface area contributed by atoms with E-state index in [0.29, 0.717) is 37.3 Å². The maximum atomic E-state index is 13.1. The molecular weight excluding hydrogens is 494 g/mol. The lowest BCUT2D eigenvalue weighted by molar-refractivity contribution is -0.147. The number of hydrogen-bond acceptors (Lipinski definition) is 9. The molecule has 0 saturated heterocycles. The summed E-state index contributed by atoms with van der Waals surface area (Å²) in [5, 5.41) is 25.5. The highest BCUT2D eigenvalue weighted by Gasteiger charge is 2.31. The zero-order valence-electron chi connectivity index (χ0n) is 20.1. The number of aliphatic carboxylic acids is 2. The Bertz CT molecular complexity index is 869. The highest BCUT2D eigenvalue weighted by Crippen LogP contribution is 2.07. The highest BCUT2D eigenvalue weighted by atomic mass is 32.2. The van der Waals surface area contributed by atoms with Crippen LogP contribution in [-0.2, 0) is 30.4 Å². The van der Waals surface area contributed by atoms with E-state index in [1.54, 1.807) is 0 Å². The molecule has 202 valence electrons. The molecule has 15 heteroatoms. The number of carboxylic acid groups (broad SMARTS) is 2. The summed E-state index contributed by atoms with van der Waals surface area (Å²) >= 11 is 1.53. The second-order valence-corrected chi connectivity index (χ2v) is 9.06. The van der Waals surface area contributed by atoms with Crippen molar-refractivity contribution in [3.8, 4) is 0 Å². The zero-order chi connectivity index (χ0) is 27.1. The Morgan fingerprint density at radius 2 is 1.64 bits per heavy atom. The number of nitrogens with one attached hydrogen (secondary N) is 4. The van der Waals surface area contributed by atoms with Gasteiger partial charge in [0.05, 0.1) is 18.8 Å².